The molecule has 21 heavy (non-hydrogen) atoms. The average Bonchev–Trinajstić information content (AvgIpc) is 2.37. The molecule has 0 saturated carbocycles. The van der Waals surface area contributed by atoms with Gasteiger partial charge in [0.05, 0.1) is 12.2 Å². The van der Waals surface area contributed by atoms with Crippen molar-refractivity contribution in [3.8, 4) is 0 Å². The highest BCUT2D eigenvalue weighted by Crippen LogP contribution is 2.24. The van der Waals surface area contributed by atoms with E-state index in [2.05, 4.69) is 27.7 Å². The third-order valence-electron chi connectivity index (χ3n) is 3.61. The fraction of sp³-hybridized carbons (Fsp3) is 0.611. The maximum Gasteiger partial charge on any atom is 0.338 e. The van der Waals surface area contributed by atoms with Crippen LogP contribution in [0.3, 0.4) is 0 Å². The summed E-state index contributed by atoms with van der Waals surface area (Å²) in [4.78, 5) is 11.8. The third-order valence-corrected chi connectivity index (χ3v) is 3.61. The lowest BCUT2D eigenvalue weighted by Gasteiger charge is -2.19. The normalized spacial score (nSPS) is 13.0. The lowest BCUT2D eigenvalue weighted by atomic mass is 9.88. The minimum atomic E-state index is -0.267. The lowest BCUT2D eigenvalue weighted by Crippen LogP contribution is -2.10. The monoisotopic (exact) mass is 291 g/mol. The number of ether oxygens (including phenoxy) is 1. The van der Waals surface area contributed by atoms with Crippen molar-refractivity contribution in [1.29, 1.82) is 0 Å². The van der Waals surface area contributed by atoms with Gasteiger partial charge in [0.1, 0.15) is 0 Å². The van der Waals surface area contributed by atoms with E-state index in [0.29, 0.717) is 29.2 Å². The maximum atomic E-state index is 11.8. The second-order valence-electron chi connectivity index (χ2n) is 7.10. The van der Waals surface area contributed by atoms with Crippen LogP contribution in [0.2, 0.25) is 0 Å². The number of benzene rings is 1. The summed E-state index contributed by atoms with van der Waals surface area (Å²) in [6.45, 7) is 9.52. The van der Waals surface area contributed by atoms with Crippen LogP contribution < -0.4 is 5.73 Å². The summed E-state index contributed by atoms with van der Waals surface area (Å²) in [5, 5.41) is 0. The van der Waals surface area contributed by atoms with Crippen molar-refractivity contribution in [3.63, 3.8) is 0 Å². The van der Waals surface area contributed by atoms with E-state index in [1.807, 2.05) is 0 Å². The van der Waals surface area contributed by atoms with E-state index in [0.717, 1.165) is 6.42 Å². The smallest absolute Gasteiger partial charge is 0.338 e. The van der Waals surface area contributed by atoms with Gasteiger partial charge in [0, 0.05) is 5.69 Å². The molecule has 0 amide bonds. The first kappa shape index (κ1) is 17.5. The van der Waals surface area contributed by atoms with Crippen molar-refractivity contribution in [2.24, 2.45) is 11.3 Å². The number of nitrogen functional groups attached to an aromatic ring is 1. The molecule has 0 heterocycles. The number of nitrogens with two attached hydrogens (primary N) is 1. The number of esters is 1. The van der Waals surface area contributed by atoms with Crippen molar-refractivity contribution in [3.05, 3.63) is 29.8 Å². The van der Waals surface area contributed by atoms with Gasteiger partial charge in [0.15, 0.2) is 0 Å². The predicted octanol–water partition coefficient (Wildman–Crippen LogP) is 4.67. The molecule has 1 aromatic carbocycles. The topological polar surface area (TPSA) is 52.3 Å². The Hall–Kier alpha value is -1.51. The Morgan fingerprint density at radius 2 is 1.81 bits per heavy atom. The molecule has 1 atom stereocenters. The van der Waals surface area contributed by atoms with Gasteiger partial charge in [-0.1, -0.05) is 40.5 Å². The zero-order valence-corrected chi connectivity index (χ0v) is 13.8. The van der Waals surface area contributed by atoms with E-state index in [1.54, 1.807) is 24.3 Å². The summed E-state index contributed by atoms with van der Waals surface area (Å²) < 4.78 is 5.31. The van der Waals surface area contributed by atoms with Crippen molar-refractivity contribution < 1.29 is 9.53 Å². The summed E-state index contributed by atoms with van der Waals surface area (Å²) in [6.07, 6.45) is 4.58. The maximum absolute atomic E-state index is 11.8. The molecule has 0 fully saturated rings. The molecular weight excluding hydrogens is 262 g/mol. The Balaban J connectivity index is 2.20. The highest BCUT2D eigenvalue weighted by atomic mass is 16.5. The Morgan fingerprint density at radius 3 is 2.38 bits per heavy atom. The van der Waals surface area contributed by atoms with Crippen LogP contribution in [0.1, 0.15) is 63.7 Å². The lowest BCUT2D eigenvalue weighted by molar-refractivity contribution is 0.0483. The number of carbonyl (C=O) groups excluding carboxylic acids is 1. The molecule has 118 valence electrons. The average molecular weight is 291 g/mol. The molecule has 3 nitrogen and oxygen atoms in total. The summed E-state index contributed by atoms with van der Waals surface area (Å²) in [5.74, 6) is 0.323. The van der Waals surface area contributed by atoms with Gasteiger partial charge in [0.2, 0.25) is 0 Å². The van der Waals surface area contributed by atoms with Crippen LogP contribution in [0.25, 0.3) is 0 Å². The van der Waals surface area contributed by atoms with Crippen LogP contribution in [0.15, 0.2) is 24.3 Å². The van der Waals surface area contributed by atoms with E-state index in [1.165, 1.54) is 19.3 Å². The second-order valence-corrected chi connectivity index (χ2v) is 7.10. The fourth-order valence-corrected chi connectivity index (χ4v) is 2.18. The zero-order chi connectivity index (χ0) is 15.9. The molecule has 3 heteroatoms. The van der Waals surface area contributed by atoms with Crippen molar-refractivity contribution in [1.82, 2.24) is 0 Å². The molecule has 0 radical (unpaired) electrons. The molecule has 2 N–H and O–H groups in total. The first-order valence-corrected chi connectivity index (χ1v) is 7.80. The summed E-state index contributed by atoms with van der Waals surface area (Å²) in [7, 11) is 0. The van der Waals surface area contributed by atoms with Crippen LogP contribution in [0, 0.1) is 11.3 Å². The first-order valence-electron chi connectivity index (χ1n) is 7.80. The summed E-state index contributed by atoms with van der Waals surface area (Å²) >= 11 is 0. The number of carbonyl (C=O) groups is 1. The van der Waals surface area contributed by atoms with Gasteiger partial charge in [0.25, 0.3) is 0 Å². The van der Waals surface area contributed by atoms with E-state index in [-0.39, 0.29) is 5.97 Å². The van der Waals surface area contributed by atoms with Gasteiger partial charge in [-0.25, -0.2) is 4.79 Å². The second kappa shape index (κ2) is 8.06. The van der Waals surface area contributed by atoms with Crippen LogP contribution >= 0.6 is 0 Å². The van der Waals surface area contributed by atoms with Gasteiger partial charge < -0.3 is 10.5 Å². The molecule has 0 aliphatic carbocycles. The van der Waals surface area contributed by atoms with Gasteiger partial charge in [-0.2, -0.15) is 0 Å². The largest absolute Gasteiger partial charge is 0.462 e. The molecule has 1 rings (SSSR count). The van der Waals surface area contributed by atoms with Crippen molar-refractivity contribution >= 4 is 11.7 Å². The predicted molar refractivity (Wildman–Crippen MR) is 88.2 cm³/mol. The zero-order valence-electron chi connectivity index (χ0n) is 13.8. The van der Waals surface area contributed by atoms with Gasteiger partial charge in [-0.05, 0) is 48.4 Å². The quantitative estimate of drug-likeness (QED) is 0.586. The van der Waals surface area contributed by atoms with E-state index in [4.69, 9.17) is 10.5 Å². The summed E-state index contributed by atoms with van der Waals surface area (Å²) in [6, 6.07) is 6.83. The highest BCUT2D eigenvalue weighted by molar-refractivity contribution is 5.89. The molecule has 0 spiro atoms. The fourth-order valence-electron chi connectivity index (χ4n) is 2.18. The van der Waals surface area contributed by atoms with Gasteiger partial charge in [-0.15, -0.1) is 0 Å². The molecule has 1 unspecified atom stereocenters. The number of hydrogen-bond acceptors (Lipinski definition) is 3. The Morgan fingerprint density at radius 1 is 1.19 bits per heavy atom. The standard InChI is InChI=1S/C18H29NO2/c1-14(6-5-12-18(2,3)4)11-13-21-17(20)15-7-9-16(19)10-8-15/h7-10,14H,5-6,11-13,19H2,1-4H3. The van der Waals surface area contributed by atoms with E-state index < -0.39 is 0 Å². The number of hydrogen-bond donors (Lipinski definition) is 1. The van der Waals surface area contributed by atoms with Crippen LogP contribution in [-0.2, 0) is 4.74 Å². The van der Waals surface area contributed by atoms with Crippen LogP contribution in [0.5, 0.6) is 0 Å². The van der Waals surface area contributed by atoms with Gasteiger partial charge in [-0.3, -0.25) is 0 Å². The molecule has 0 aliphatic rings. The van der Waals surface area contributed by atoms with E-state index >= 15 is 0 Å². The Bertz CT molecular complexity index is 432. The molecule has 0 aromatic heterocycles. The molecule has 0 bridgehead atoms. The molecule has 1 aromatic rings. The van der Waals surface area contributed by atoms with Gasteiger partial charge >= 0.3 is 5.97 Å². The number of rotatable bonds is 7. The minimum absolute atomic E-state index is 0.267. The molecule has 0 saturated heterocycles. The van der Waals surface area contributed by atoms with E-state index in [9.17, 15) is 4.79 Å². The van der Waals surface area contributed by atoms with Crippen molar-refractivity contribution in [2.45, 2.75) is 53.4 Å². The Labute approximate surface area is 128 Å². The SMILES string of the molecule is CC(CCCC(C)(C)C)CCOC(=O)c1ccc(N)cc1. The highest BCUT2D eigenvalue weighted by Gasteiger charge is 2.12. The van der Waals surface area contributed by atoms with Crippen molar-refractivity contribution in [2.75, 3.05) is 12.3 Å². The molecular formula is C18H29NO2. The van der Waals surface area contributed by atoms with Crippen LogP contribution in [-0.4, -0.2) is 12.6 Å². The van der Waals surface area contributed by atoms with Crippen LogP contribution in [0.4, 0.5) is 5.69 Å². The number of anilines is 1. The third kappa shape index (κ3) is 7.74. The first-order chi connectivity index (χ1) is 9.78. The minimum Gasteiger partial charge on any atom is -0.462 e. The Kier molecular flexibility index (Phi) is 6.73. The summed E-state index contributed by atoms with van der Waals surface area (Å²) in [5.41, 5.74) is 7.21. The molecule has 0 aliphatic heterocycles.